The molecule has 78 valence electrons. The molecule has 0 saturated heterocycles. The first kappa shape index (κ1) is 8.85. The average Bonchev–Trinajstić information content (AvgIpc) is 3.00. The molecular formula is C11H14N4. The van der Waals surface area contributed by atoms with E-state index in [9.17, 15) is 0 Å². The molecule has 0 unspecified atom stereocenters. The van der Waals surface area contributed by atoms with Gasteiger partial charge in [0.2, 0.25) is 0 Å². The molecule has 2 aromatic heterocycles. The van der Waals surface area contributed by atoms with Gasteiger partial charge in [0.15, 0.2) is 0 Å². The van der Waals surface area contributed by atoms with Crippen molar-refractivity contribution in [2.75, 3.05) is 6.54 Å². The van der Waals surface area contributed by atoms with Crippen LogP contribution in [0.1, 0.15) is 18.7 Å². The van der Waals surface area contributed by atoms with Crippen LogP contribution in [0.2, 0.25) is 0 Å². The lowest BCUT2D eigenvalue weighted by atomic mass is 10.1. The van der Waals surface area contributed by atoms with Crippen LogP contribution >= 0.6 is 0 Å². The molecule has 2 heterocycles. The number of aromatic nitrogens is 3. The number of imidazole rings is 1. The molecule has 2 N–H and O–H groups in total. The maximum absolute atomic E-state index is 5.82. The van der Waals surface area contributed by atoms with Crippen LogP contribution < -0.4 is 5.73 Å². The van der Waals surface area contributed by atoms with Gasteiger partial charge in [0.25, 0.3) is 0 Å². The lowest BCUT2D eigenvalue weighted by Crippen LogP contribution is -2.23. The summed E-state index contributed by atoms with van der Waals surface area (Å²) in [5.74, 6) is 1.12. The van der Waals surface area contributed by atoms with E-state index in [0.717, 1.165) is 29.7 Å². The second-order valence-corrected chi connectivity index (χ2v) is 4.34. The molecule has 1 fully saturated rings. The van der Waals surface area contributed by atoms with Gasteiger partial charge in [-0.3, -0.25) is 4.98 Å². The van der Waals surface area contributed by atoms with Crippen molar-refractivity contribution in [1.29, 1.82) is 0 Å². The molecule has 0 aromatic carbocycles. The van der Waals surface area contributed by atoms with Crippen molar-refractivity contribution in [2.24, 2.45) is 12.8 Å². The molecule has 3 rings (SSSR count). The van der Waals surface area contributed by atoms with E-state index in [4.69, 9.17) is 5.73 Å². The first-order chi connectivity index (χ1) is 7.27. The second kappa shape index (κ2) is 2.79. The Hall–Kier alpha value is -1.42. The van der Waals surface area contributed by atoms with Gasteiger partial charge in [0, 0.05) is 25.2 Å². The summed E-state index contributed by atoms with van der Waals surface area (Å²) in [5.41, 5.74) is 8.08. The Morgan fingerprint density at radius 2 is 2.33 bits per heavy atom. The lowest BCUT2D eigenvalue weighted by molar-refractivity contribution is 0.621. The molecule has 0 amide bonds. The van der Waals surface area contributed by atoms with Crippen LogP contribution in [0.5, 0.6) is 0 Å². The van der Waals surface area contributed by atoms with Gasteiger partial charge in [0.1, 0.15) is 11.3 Å². The molecule has 4 heteroatoms. The SMILES string of the molecule is Cn1c(C2(CN)CC2)nc2cnccc21. The van der Waals surface area contributed by atoms with Gasteiger partial charge in [0.05, 0.1) is 11.7 Å². The Labute approximate surface area is 88.1 Å². The standard InChI is InChI=1S/C11H14N4/c1-15-9-2-5-13-6-8(9)14-10(15)11(7-12)3-4-11/h2,5-6H,3-4,7,12H2,1H3. The molecule has 1 aliphatic carbocycles. The monoisotopic (exact) mass is 202 g/mol. The van der Waals surface area contributed by atoms with Crippen molar-refractivity contribution in [3.8, 4) is 0 Å². The summed E-state index contributed by atoms with van der Waals surface area (Å²) in [7, 11) is 2.06. The summed E-state index contributed by atoms with van der Waals surface area (Å²) >= 11 is 0. The van der Waals surface area contributed by atoms with Gasteiger partial charge in [-0.15, -0.1) is 0 Å². The fraction of sp³-hybridized carbons (Fsp3) is 0.455. The minimum atomic E-state index is 0.147. The third-order valence-electron chi connectivity index (χ3n) is 3.40. The highest BCUT2D eigenvalue weighted by Gasteiger charge is 2.46. The number of hydrogen-bond donors (Lipinski definition) is 1. The van der Waals surface area contributed by atoms with E-state index in [1.165, 1.54) is 0 Å². The number of nitrogens with two attached hydrogens (primary N) is 1. The average molecular weight is 202 g/mol. The maximum atomic E-state index is 5.82. The van der Waals surface area contributed by atoms with Crippen molar-refractivity contribution in [3.63, 3.8) is 0 Å². The number of fused-ring (bicyclic) bond motifs is 1. The number of hydrogen-bond acceptors (Lipinski definition) is 3. The van der Waals surface area contributed by atoms with Crippen molar-refractivity contribution in [3.05, 3.63) is 24.3 Å². The van der Waals surface area contributed by atoms with Gasteiger partial charge in [-0.1, -0.05) is 0 Å². The molecule has 1 saturated carbocycles. The van der Waals surface area contributed by atoms with E-state index in [-0.39, 0.29) is 5.41 Å². The maximum Gasteiger partial charge on any atom is 0.117 e. The number of rotatable bonds is 2. The first-order valence-corrected chi connectivity index (χ1v) is 5.24. The highest BCUT2D eigenvalue weighted by atomic mass is 15.1. The van der Waals surface area contributed by atoms with E-state index >= 15 is 0 Å². The van der Waals surface area contributed by atoms with Crippen LogP contribution in [-0.2, 0) is 12.5 Å². The number of pyridine rings is 1. The Morgan fingerprint density at radius 3 is 2.93 bits per heavy atom. The molecule has 0 atom stereocenters. The van der Waals surface area contributed by atoms with E-state index in [0.29, 0.717) is 6.54 Å². The molecule has 15 heavy (non-hydrogen) atoms. The highest BCUT2D eigenvalue weighted by molar-refractivity contribution is 5.75. The zero-order valence-electron chi connectivity index (χ0n) is 8.77. The summed E-state index contributed by atoms with van der Waals surface area (Å²) in [6.07, 6.45) is 5.93. The molecule has 1 aliphatic rings. The predicted octanol–water partition coefficient (Wildman–Crippen LogP) is 0.959. The Balaban J connectivity index is 2.24. The summed E-state index contributed by atoms with van der Waals surface area (Å²) in [6.45, 7) is 0.692. The van der Waals surface area contributed by atoms with Crippen LogP contribution in [-0.4, -0.2) is 21.1 Å². The lowest BCUT2D eigenvalue weighted by Gasteiger charge is -2.11. The molecule has 0 radical (unpaired) electrons. The summed E-state index contributed by atoms with van der Waals surface area (Å²) in [5, 5.41) is 0. The van der Waals surface area contributed by atoms with E-state index < -0.39 is 0 Å². The van der Waals surface area contributed by atoms with Gasteiger partial charge >= 0.3 is 0 Å². The smallest absolute Gasteiger partial charge is 0.117 e. The fourth-order valence-electron chi connectivity index (χ4n) is 2.20. The van der Waals surface area contributed by atoms with Crippen molar-refractivity contribution < 1.29 is 0 Å². The van der Waals surface area contributed by atoms with E-state index in [2.05, 4.69) is 21.6 Å². The molecular weight excluding hydrogens is 188 g/mol. The Morgan fingerprint density at radius 1 is 1.53 bits per heavy atom. The summed E-state index contributed by atoms with van der Waals surface area (Å²) in [6, 6.07) is 2.00. The van der Waals surface area contributed by atoms with Crippen molar-refractivity contribution in [1.82, 2.24) is 14.5 Å². The van der Waals surface area contributed by atoms with E-state index in [1.54, 1.807) is 6.20 Å². The Kier molecular flexibility index (Phi) is 1.65. The van der Waals surface area contributed by atoms with Gasteiger partial charge < -0.3 is 10.3 Å². The van der Waals surface area contributed by atoms with E-state index in [1.807, 2.05) is 12.3 Å². The van der Waals surface area contributed by atoms with Crippen molar-refractivity contribution in [2.45, 2.75) is 18.3 Å². The summed E-state index contributed by atoms with van der Waals surface area (Å²) < 4.78 is 2.15. The molecule has 0 aliphatic heterocycles. The van der Waals surface area contributed by atoms with Crippen LogP contribution in [0.4, 0.5) is 0 Å². The normalized spacial score (nSPS) is 18.3. The third-order valence-corrected chi connectivity index (χ3v) is 3.40. The minimum Gasteiger partial charge on any atom is -0.331 e. The third kappa shape index (κ3) is 1.11. The molecule has 0 bridgehead atoms. The second-order valence-electron chi connectivity index (χ2n) is 4.34. The summed E-state index contributed by atoms with van der Waals surface area (Å²) in [4.78, 5) is 8.73. The number of aryl methyl sites for hydroxylation is 1. The van der Waals surface area contributed by atoms with Gasteiger partial charge in [-0.2, -0.15) is 0 Å². The quantitative estimate of drug-likeness (QED) is 0.789. The molecule has 4 nitrogen and oxygen atoms in total. The fourth-order valence-corrected chi connectivity index (χ4v) is 2.20. The number of nitrogens with zero attached hydrogens (tertiary/aromatic N) is 3. The zero-order valence-corrected chi connectivity index (χ0v) is 8.77. The molecule has 0 spiro atoms. The van der Waals surface area contributed by atoms with Gasteiger partial charge in [-0.25, -0.2) is 4.98 Å². The predicted molar refractivity (Wildman–Crippen MR) is 58.5 cm³/mol. The van der Waals surface area contributed by atoms with Crippen molar-refractivity contribution >= 4 is 11.0 Å². The first-order valence-electron chi connectivity index (χ1n) is 5.24. The largest absolute Gasteiger partial charge is 0.331 e. The Bertz CT molecular complexity index is 510. The van der Waals surface area contributed by atoms with Crippen LogP contribution in [0.25, 0.3) is 11.0 Å². The van der Waals surface area contributed by atoms with Crippen LogP contribution in [0, 0.1) is 0 Å². The minimum absolute atomic E-state index is 0.147. The topological polar surface area (TPSA) is 56.7 Å². The van der Waals surface area contributed by atoms with Gasteiger partial charge in [-0.05, 0) is 18.9 Å². The van der Waals surface area contributed by atoms with Crippen LogP contribution in [0.3, 0.4) is 0 Å². The highest BCUT2D eigenvalue weighted by Crippen LogP contribution is 2.46. The van der Waals surface area contributed by atoms with Crippen LogP contribution in [0.15, 0.2) is 18.5 Å². The zero-order chi connectivity index (χ0) is 10.5. The molecule has 2 aromatic rings.